The summed E-state index contributed by atoms with van der Waals surface area (Å²) >= 11 is 0. The molecule has 1 N–H and O–H groups in total. The number of likely N-dealkylation sites (N-methyl/N-ethyl adjacent to an activating group) is 1. The fourth-order valence-electron chi connectivity index (χ4n) is 2.33. The Hall–Kier alpha value is -1.95. The van der Waals surface area contributed by atoms with Crippen molar-refractivity contribution < 1.29 is 9.59 Å². The van der Waals surface area contributed by atoms with Crippen LogP contribution in [0.3, 0.4) is 0 Å². The molecule has 0 unspecified atom stereocenters. The smallest absolute Gasteiger partial charge is 0.313 e. The van der Waals surface area contributed by atoms with Crippen molar-refractivity contribution in [2.24, 2.45) is 0 Å². The van der Waals surface area contributed by atoms with Crippen LogP contribution in [0.15, 0.2) is 24.5 Å². The Bertz CT molecular complexity index is 469. The summed E-state index contributed by atoms with van der Waals surface area (Å²) in [6.07, 6.45) is 4.93. The Morgan fingerprint density at radius 2 is 2.10 bits per heavy atom. The highest BCUT2D eigenvalue weighted by molar-refractivity contribution is 6.39. The van der Waals surface area contributed by atoms with Crippen molar-refractivity contribution in [3.63, 3.8) is 0 Å². The van der Waals surface area contributed by atoms with Crippen LogP contribution in [-0.2, 0) is 9.59 Å². The normalized spacial score (nSPS) is 16.7. The van der Waals surface area contributed by atoms with Gasteiger partial charge in [0.25, 0.3) is 0 Å². The summed E-state index contributed by atoms with van der Waals surface area (Å²) in [5.74, 6) is -1.11. The lowest BCUT2D eigenvalue weighted by molar-refractivity contribution is -0.144. The standard InChI is InChI=1S/C14H20N4O2/c1-17-8-5-12(6-9-17)18(2)14(20)13(19)16-11-4-3-7-15-10-11/h3-4,7,10,12H,5-6,8-9H2,1-2H3,(H,16,19). The summed E-state index contributed by atoms with van der Waals surface area (Å²) < 4.78 is 0. The quantitative estimate of drug-likeness (QED) is 0.802. The molecule has 1 saturated heterocycles. The number of pyridine rings is 1. The van der Waals surface area contributed by atoms with Gasteiger partial charge in [-0.05, 0) is 45.1 Å². The molecule has 1 aromatic heterocycles. The van der Waals surface area contributed by atoms with Crippen LogP contribution in [0.1, 0.15) is 12.8 Å². The molecule has 1 aliphatic heterocycles. The Labute approximate surface area is 118 Å². The lowest BCUT2D eigenvalue weighted by Crippen LogP contribution is -2.47. The van der Waals surface area contributed by atoms with Gasteiger partial charge in [-0.3, -0.25) is 14.6 Å². The molecule has 6 nitrogen and oxygen atoms in total. The van der Waals surface area contributed by atoms with Crippen LogP contribution < -0.4 is 5.32 Å². The second kappa shape index (κ2) is 6.47. The highest BCUT2D eigenvalue weighted by atomic mass is 16.2. The fourth-order valence-corrected chi connectivity index (χ4v) is 2.33. The van der Waals surface area contributed by atoms with Crippen LogP contribution in [0.25, 0.3) is 0 Å². The first-order valence-corrected chi connectivity index (χ1v) is 6.74. The van der Waals surface area contributed by atoms with Gasteiger partial charge >= 0.3 is 11.8 Å². The van der Waals surface area contributed by atoms with E-state index in [1.54, 1.807) is 30.3 Å². The molecule has 1 fully saturated rings. The number of carbonyl (C=O) groups is 2. The van der Waals surface area contributed by atoms with Gasteiger partial charge in [-0.25, -0.2) is 0 Å². The number of nitrogens with zero attached hydrogens (tertiary/aromatic N) is 3. The second-order valence-corrected chi connectivity index (χ2v) is 5.15. The summed E-state index contributed by atoms with van der Waals surface area (Å²) in [6.45, 7) is 1.90. The molecule has 108 valence electrons. The minimum atomic E-state index is -0.612. The van der Waals surface area contributed by atoms with Gasteiger partial charge in [0.05, 0.1) is 11.9 Å². The molecule has 1 aromatic rings. The van der Waals surface area contributed by atoms with E-state index in [2.05, 4.69) is 22.2 Å². The number of carbonyl (C=O) groups excluding carboxylic acids is 2. The van der Waals surface area contributed by atoms with Crippen LogP contribution >= 0.6 is 0 Å². The van der Waals surface area contributed by atoms with Crippen molar-refractivity contribution in [1.29, 1.82) is 0 Å². The van der Waals surface area contributed by atoms with Gasteiger partial charge < -0.3 is 15.1 Å². The van der Waals surface area contributed by atoms with E-state index in [0.717, 1.165) is 25.9 Å². The van der Waals surface area contributed by atoms with Crippen molar-refractivity contribution in [2.75, 3.05) is 32.5 Å². The van der Waals surface area contributed by atoms with Gasteiger partial charge in [-0.1, -0.05) is 0 Å². The van der Waals surface area contributed by atoms with Crippen molar-refractivity contribution in [3.05, 3.63) is 24.5 Å². The minimum absolute atomic E-state index is 0.137. The number of amides is 2. The SMILES string of the molecule is CN1CCC(N(C)C(=O)C(=O)Nc2cccnc2)CC1. The zero-order valence-electron chi connectivity index (χ0n) is 11.9. The molecule has 0 saturated carbocycles. The van der Waals surface area contributed by atoms with E-state index in [-0.39, 0.29) is 6.04 Å². The predicted octanol–water partition coefficient (Wildman–Crippen LogP) is 0.573. The first-order valence-electron chi connectivity index (χ1n) is 6.74. The summed E-state index contributed by atoms with van der Waals surface area (Å²) in [6, 6.07) is 3.55. The number of hydrogen-bond acceptors (Lipinski definition) is 4. The van der Waals surface area contributed by atoms with E-state index in [9.17, 15) is 9.59 Å². The number of nitrogens with one attached hydrogen (secondary N) is 1. The summed E-state index contributed by atoms with van der Waals surface area (Å²) in [5, 5.41) is 2.57. The highest BCUT2D eigenvalue weighted by Crippen LogP contribution is 2.14. The average Bonchev–Trinajstić information content (AvgIpc) is 2.47. The lowest BCUT2D eigenvalue weighted by Gasteiger charge is -2.34. The molecule has 0 aliphatic carbocycles. The van der Waals surface area contributed by atoms with Gasteiger partial charge in [-0.2, -0.15) is 0 Å². The predicted molar refractivity (Wildman–Crippen MR) is 76.2 cm³/mol. The zero-order chi connectivity index (χ0) is 14.5. The van der Waals surface area contributed by atoms with E-state index in [1.807, 2.05) is 0 Å². The molecule has 0 aromatic carbocycles. The monoisotopic (exact) mass is 276 g/mol. The summed E-state index contributed by atoms with van der Waals surface area (Å²) in [5.41, 5.74) is 0.530. The van der Waals surface area contributed by atoms with Crippen molar-refractivity contribution in [1.82, 2.24) is 14.8 Å². The van der Waals surface area contributed by atoms with Crippen LogP contribution in [-0.4, -0.2) is 59.8 Å². The highest BCUT2D eigenvalue weighted by Gasteiger charge is 2.27. The molecule has 0 radical (unpaired) electrons. The third-order valence-electron chi connectivity index (χ3n) is 3.67. The average molecular weight is 276 g/mol. The number of piperidine rings is 1. The maximum Gasteiger partial charge on any atom is 0.313 e. The summed E-state index contributed by atoms with van der Waals surface area (Å²) in [4.78, 5) is 31.7. The molecule has 0 spiro atoms. The van der Waals surface area contributed by atoms with Gasteiger partial charge in [-0.15, -0.1) is 0 Å². The maximum atomic E-state index is 12.1. The van der Waals surface area contributed by atoms with Gasteiger partial charge in [0.1, 0.15) is 0 Å². The lowest BCUT2D eigenvalue weighted by atomic mass is 10.0. The second-order valence-electron chi connectivity index (χ2n) is 5.15. The Balaban J connectivity index is 1.91. The number of likely N-dealkylation sites (tertiary alicyclic amines) is 1. The topological polar surface area (TPSA) is 65.5 Å². The Morgan fingerprint density at radius 3 is 2.70 bits per heavy atom. The molecule has 1 aliphatic rings. The van der Waals surface area contributed by atoms with Gasteiger partial charge in [0, 0.05) is 19.3 Å². The molecule has 2 amide bonds. The van der Waals surface area contributed by atoms with Crippen LogP contribution in [0.4, 0.5) is 5.69 Å². The molecule has 2 rings (SSSR count). The van der Waals surface area contributed by atoms with Crippen LogP contribution in [0, 0.1) is 0 Å². The third-order valence-corrected chi connectivity index (χ3v) is 3.67. The molecular weight excluding hydrogens is 256 g/mol. The van der Waals surface area contributed by atoms with E-state index >= 15 is 0 Å². The molecule has 0 bridgehead atoms. The Kier molecular flexibility index (Phi) is 4.68. The molecule has 0 atom stereocenters. The molecule has 6 heteroatoms. The largest absolute Gasteiger partial charge is 0.334 e. The first-order chi connectivity index (χ1) is 9.58. The minimum Gasteiger partial charge on any atom is -0.334 e. The zero-order valence-corrected chi connectivity index (χ0v) is 11.9. The number of anilines is 1. The first kappa shape index (κ1) is 14.5. The molecular formula is C14H20N4O2. The molecule has 2 heterocycles. The van der Waals surface area contributed by atoms with E-state index in [4.69, 9.17) is 0 Å². The number of rotatable bonds is 2. The van der Waals surface area contributed by atoms with E-state index in [0.29, 0.717) is 5.69 Å². The maximum absolute atomic E-state index is 12.1. The van der Waals surface area contributed by atoms with Crippen LogP contribution in [0.2, 0.25) is 0 Å². The molecule has 20 heavy (non-hydrogen) atoms. The van der Waals surface area contributed by atoms with Crippen LogP contribution in [0.5, 0.6) is 0 Å². The van der Waals surface area contributed by atoms with E-state index < -0.39 is 11.8 Å². The van der Waals surface area contributed by atoms with Crippen molar-refractivity contribution in [3.8, 4) is 0 Å². The van der Waals surface area contributed by atoms with Gasteiger partial charge in [0.2, 0.25) is 0 Å². The number of aromatic nitrogens is 1. The van der Waals surface area contributed by atoms with E-state index in [1.165, 1.54) is 6.20 Å². The van der Waals surface area contributed by atoms with Gasteiger partial charge in [0.15, 0.2) is 0 Å². The van der Waals surface area contributed by atoms with Crippen molar-refractivity contribution >= 4 is 17.5 Å². The third kappa shape index (κ3) is 3.54. The summed E-state index contributed by atoms with van der Waals surface area (Å²) in [7, 11) is 3.76. The fraction of sp³-hybridized carbons (Fsp3) is 0.500. The van der Waals surface area contributed by atoms with Crippen molar-refractivity contribution in [2.45, 2.75) is 18.9 Å². The number of hydrogen-bond donors (Lipinski definition) is 1. The Morgan fingerprint density at radius 1 is 1.40 bits per heavy atom.